The number of nitriles is 1. The lowest BCUT2D eigenvalue weighted by Crippen LogP contribution is -2.32. The van der Waals surface area contributed by atoms with E-state index in [0.29, 0.717) is 19.6 Å². The van der Waals surface area contributed by atoms with Gasteiger partial charge in [0.15, 0.2) is 0 Å². The van der Waals surface area contributed by atoms with Crippen molar-refractivity contribution < 1.29 is 14.3 Å². The Kier molecular flexibility index (Phi) is 7.94. The number of benzene rings is 1. The van der Waals surface area contributed by atoms with Crippen molar-refractivity contribution in [2.75, 3.05) is 32.1 Å². The third-order valence-electron chi connectivity index (χ3n) is 3.04. The molecule has 0 aromatic heterocycles. The van der Waals surface area contributed by atoms with Crippen LogP contribution in [0, 0.1) is 11.3 Å². The third-order valence-corrected chi connectivity index (χ3v) is 3.04. The van der Waals surface area contributed by atoms with Gasteiger partial charge in [0, 0.05) is 25.4 Å². The van der Waals surface area contributed by atoms with E-state index in [0.717, 1.165) is 11.3 Å². The van der Waals surface area contributed by atoms with Crippen LogP contribution in [-0.4, -0.2) is 43.5 Å². The van der Waals surface area contributed by atoms with E-state index in [2.05, 4.69) is 5.32 Å². The summed E-state index contributed by atoms with van der Waals surface area (Å²) in [7, 11) is 1.67. The Balaban J connectivity index is 2.47. The van der Waals surface area contributed by atoms with E-state index in [1.165, 1.54) is 11.0 Å². The standard InChI is InChI=1S/C17H21N3O3/c1-3-23-17(22)10-7-14-5-8-15(9-6-14)19-13-16(21)20(2)12-4-11-18/h5-10,19H,3-4,12-13H2,1-2H3/b10-7+. The molecular weight excluding hydrogens is 294 g/mol. The number of hydrogen-bond acceptors (Lipinski definition) is 5. The van der Waals surface area contributed by atoms with Gasteiger partial charge in [0.1, 0.15) is 0 Å². The number of likely N-dealkylation sites (N-methyl/N-ethyl adjacent to an activating group) is 1. The minimum atomic E-state index is -0.374. The van der Waals surface area contributed by atoms with E-state index in [1.807, 2.05) is 30.3 Å². The second-order valence-corrected chi connectivity index (χ2v) is 4.78. The van der Waals surface area contributed by atoms with Crippen LogP contribution in [-0.2, 0) is 14.3 Å². The third kappa shape index (κ3) is 7.14. The first-order valence-corrected chi connectivity index (χ1v) is 7.36. The van der Waals surface area contributed by atoms with Crippen LogP contribution in [0.4, 0.5) is 5.69 Å². The predicted octanol–water partition coefficient (Wildman–Crippen LogP) is 2.05. The number of ether oxygens (including phenoxy) is 1. The highest BCUT2D eigenvalue weighted by atomic mass is 16.5. The van der Waals surface area contributed by atoms with Gasteiger partial charge in [-0.2, -0.15) is 5.26 Å². The number of nitrogens with zero attached hydrogens (tertiary/aromatic N) is 2. The van der Waals surface area contributed by atoms with Crippen LogP contribution in [0.2, 0.25) is 0 Å². The molecule has 0 heterocycles. The Hall–Kier alpha value is -2.81. The van der Waals surface area contributed by atoms with Crippen molar-refractivity contribution in [3.63, 3.8) is 0 Å². The zero-order valence-electron chi connectivity index (χ0n) is 13.4. The highest BCUT2D eigenvalue weighted by Crippen LogP contribution is 2.10. The Labute approximate surface area is 136 Å². The molecule has 0 spiro atoms. The van der Waals surface area contributed by atoms with Gasteiger partial charge in [-0.15, -0.1) is 0 Å². The van der Waals surface area contributed by atoms with Gasteiger partial charge >= 0.3 is 5.97 Å². The van der Waals surface area contributed by atoms with Crippen molar-refractivity contribution in [2.24, 2.45) is 0 Å². The summed E-state index contributed by atoms with van der Waals surface area (Å²) < 4.78 is 4.80. The maximum atomic E-state index is 11.8. The molecule has 6 heteroatoms. The van der Waals surface area contributed by atoms with Gasteiger partial charge in [-0.25, -0.2) is 4.79 Å². The van der Waals surface area contributed by atoms with Crippen LogP contribution in [0.15, 0.2) is 30.3 Å². The number of rotatable bonds is 8. The zero-order chi connectivity index (χ0) is 17.1. The van der Waals surface area contributed by atoms with Crippen LogP contribution in [0.25, 0.3) is 6.08 Å². The van der Waals surface area contributed by atoms with Crippen LogP contribution in [0.3, 0.4) is 0 Å². The summed E-state index contributed by atoms with van der Waals surface area (Å²) in [5.41, 5.74) is 1.67. The minimum Gasteiger partial charge on any atom is -0.463 e. The summed E-state index contributed by atoms with van der Waals surface area (Å²) in [6, 6.07) is 9.33. The first-order valence-electron chi connectivity index (χ1n) is 7.36. The van der Waals surface area contributed by atoms with Crippen molar-refractivity contribution in [2.45, 2.75) is 13.3 Å². The molecule has 0 atom stereocenters. The van der Waals surface area contributed by atoms with Crippen molar-refractivity contribution in [3.8, 4) is 6.07 Å². The van der Waals surface area contributed by atoms with E-state index in [-0.39, 0.29) is 18.4 Å². The Morgan fingerprint density at radius 1 is 1.35 bits per heavy atom. The molecule has 0 aliphatic heterocycles. The fourth-order valence-electron chi connectivity index (χ4n) is 1.72. The molecule has 122 valence electrons. The first kappa shape index (κ1) is 18.2. The van der Waals surface area contributed by atoms with E-state index in [4.69, 9.17) is 10.00 Å². The van der Waals surface area contributed by atoms with E-state index in [1.54, 1.807) is 20.0 Å². The second-order valence-electron chi connectivity index (χ2n) is 4.78. The lowest BCUT2D eigenvalue weighted by Gasteiger charge is -2.16. The van der Waals surface area contributed by atoms with Gasteiger partial charge in [-0.05, 0) is 30.7 Å². The fourth-order valence-corrected chi connectivity index (χ4v) is 1.72. The Morgan fingerprint density at radius 3 is 2.65 bits per heavy atom. The molecule has 0 radical (unpaired) electrons. The lowest BCUT2D eigenvalue weighted by atomic mass is 10.2. The second kappa shape index (κ2) is 10.0. The maximum Gasteiger partial charge on any atom is 0.330 e. The van der Waals surface area contributed by atoms with Crippen molar-refractivity contribution in [3.05, 3.63) is 35.9 Å². The molecule has 1 rings (SSSR count). The molecule has 6 nitrogen and oxygen atoms in total. The molecule has 0 aliphatic rings. The molecule has 0 saturated carbocycles. The van der Waals surface area contributed by atoms with Crippen LogP contribution in [0.5, 0.6) is 0 Å². The summed E-state index contributed by atoms with van der Waals surface area (Å²) in [6.07, 6.45) is 3.37. The van der Waals surface area contributed by atoms with E-state index < -0.39 is 0 Å². The summed E-state index contributed by atoms with van der Waals surface area (Å²) in [4.78, 5) is 24.6. The summed E-state index contributed by atoms with van der Waals surface area (Å²) in [5, 5.41) is 11.5. The molecule has 1 aromatic carbocycles. The quantitative estimate of drug-likeness (QED) is 0.586. The topological polar surface area (TPSA) is 82.4 Å². The monoisotopic (exact) mass is 315 g/mol. The maximum absolute atomic E-state index is 11.8. The van der Waals surface area contributed by atoms with Crippen molar-refractivity contribution >= 4 is 23.6 Å². The van der Waals surface area contributed by atoms with Crippen molar-refractivity contribution in [1.29, 1.82) is 5.26 Å². The number of nitrogens with one attached hydrogen (secondary N) is 1. The van der Waals surface area contributed by atoms with E-state index >= 15 is 0 Å². The number of esters is 1. The minimum absolute atomic E-state index is 0.0773. The molecule has 23 heavy (non-hydrogen) atoms. The highest BCUT2D eigenvalue weighted by molar-refractivity contribution is 5.87. The molecule has 1 aromatic rings. The van der Waals surface area contributed by atoms with Crippen LogP contribution < -0.4 is 5.32 Å². The number of amides is 1. The fraction of sp³-hybridized carbons (Fsp3) is 0.353. The summed E-state index contributed by atoms with van der Waals surface area (Å²) in [5.74, 6) is -0.452. The molecule has 1 amide bonds. The highest BCUT2D eigenvalue weighted by Gasteiger charge is 2.07. The van der Waals surface area contributed by atoms with Gasteiger partial charge in [-0.3, -0.25) is 4.79 Å². The Bertz CT molecular complexity index is 588. The molecule has 0 aliphatic carbocycles. The van der Waals surface area contributed by atoms with Gasteiger partial charge in [0.2, 0.25) is 5.91 Å². The summed E-state index contributed by atoms with van der Waals surface area (Å²) >= 11 is 0. The SMILES string of the molecule is CCOC(=O)/C=C/c1ccc(NCC(=O)N(C)CCC#N)cc1. The number of anilines is 1. The normalized spacial score (nSPS) is 10.1. The molecule has 0 bridgehead atoms. The zero-order valence-corrected chi connectivity index (χ0v) is 13.4. The molecule has 0 saturated heterocycles. The molecular formula is C17H21N3O3. The largest absolute Gasteiger partial charge is 0.463 e. The summed E-state index contributed by atoms with van der Waals surface area (Å²) in [6.45, 7) is 2.70. The van der Waals surface area contributed by atoms with Crippen molar-refractivity contribution in [1.82, 2.24) is 4.90 Å². The predicted molar refractivity (Wildman–Crippen MR) is 88.5 cm³/mol. The number of carbonyl (C=O) groups excluding carboxylic acids is 2. The van der Waals surface area contributed by atoms with Gasteiger partial charge < -0.3 is 15.0 Å². The molecule has 1 N–H and O–H groups in total. The number of hydrogen-bond donors (Lipinski definition) is 1. The van der Waals surface area contributed by atoms with Crippen LogP contribution in [0.1, 0.15) is 18.9 Å². The average Bonchev–Trinajstić information content (AvgIpc) is 2.56. The van der Waals surface area contributed by atoms with Crippen LogP contribution >= 0.6 is 0 Å². The average molecular weight is 315 g/mol. The lowest BCUT2D eigenvalue weighted by molar-refractivity contribution is -0.137. The first-order chi connectivity index (χ1) is 11.1. The van der Waals surface area contributed by atoms with Gasteiger partial charge in [0.25, 0.3) is 0 Å². The smallest absolute Gasteiger partial charge is 0.330 e. The molecule has 0 fully saturated rings. The Morgan fingerprint density at radius 2 is 2.04 bits per heavy atom. The van der Waals surface area contributed by atoms with E-state index in [9.17, 15) is 9.59 Å². The number of carbonyl (C=O) groups is 2. The molecule has 0 unspecified atom stereocenters. The van der Waals surface area contributed by atoms with Gasteiger partial charge in [-0.1, -0.05) is 12.1 Å². The van der Waals surface area contributed by atoms with Gasteiger partial charge in [0.05, 0.1) is 25.6 Å².